The summed E-state index contributed by atoms with van der Waals surface area (Å²) in [5.74, 6) is 0. The Morgan fingerprint density at radius 1 is 1.17 bits per heavy atom. The van der Waals surface area contributed by atoms with Crippen molar-refractivity contribution in [3.8, 4) is 0 Å². The Hall–Kier alpha value is -1.23. The van der Waals surface area contributed by atoms with Crippen LogP contribution in [0.2, 0.25) is 0 Å². The van der Waals surface area contributed by atoms with Crippen molar-refractivity contribution >= 4 is 5.69 Å². The third kappa shape index (κ3) is 3.63. The maximum Gasteiger partial charge on any atom is 0.405 e. The first-order chi connectivity index (χ1) is 8.49. The van der Waals surface area contributed by atoms with Crippen LogP contribution >= 0.6 is 0 Å². The van der Waals surface area contributed by atoms with E-state index in [1.54, 1.807) is 12.1 Å². The summed E-state index contributed by atoms with van der Waals surface area (Å²) in [5, 5.41) is 0. The number of nitrogens with zero attached hydrogens (tertiary/aromatic N) is 1. The fourth-order valence-corrected chi connectivity index (χ4v) is 2.03. The maximum atomic E-state index is 12.5. The van der Waals surface area contributed by atoms with Crippen molar-refractivity contribution < 1.29 is 13.2 Å². The minimum atomic E-state index is -4.15. The summed E-state index contributed by atoms with van der Waals surface area (Å²) in [6, 6.07) is 7.28. The van der Waals surface area contributed by atoms with Crippen LogP contribution in [0.15, 0.2) is 24.3 Å². The van der Waals surface area contributed by atoms with E-state index in [0.29, 0.717) is 12.2 Å². The van der Waals surface area contributed by atoms with Crippen molar-refractivity contribution in [1.29, 1.82) is 0 Å². The summed E-state index contributed by atoms with van der Waals surface area (Å²) in [6.45, 7) is -0.317. The molecule has 1 aliphatic carbocycles. The lowest BCUT2D eigenvalue weighted by Crippen LogP contribution is -2.35. The van der Waals surface area contributed by atoms with Gasteiger partial charge in [0.05, 0.1) is 0 Å². The van der Waals surface area contributed by atoms with Crippen molar-refractivity contribution in [2.75, 3.05) is 18.0 Å². The van der Waals surface area contributed by atoms with E-state index in [1.165, 1.54) is 4.90 Å². The molecular formula is C13H17F3N2. The molecule has 1 aromatic rings. The lowest BCUT2D eigenvalue weighted by molar-refractivity contribution is -0.120. The predicted octanol–water partition coefficient (Wildman–Crippen LogP) is 2.72. The van der Waals surface area contributed by atoms with E-state index in [1.807, 2.05) is 12.1 Å². The molecule has 0 aromatic heterocycles. The van der Waals surface area contributed by atoms with Crippen LogP contribution in [0.1, 0.15) is 18.4 Å². The Morgan fingerprint density at radius 2 is 1.78 bits per heavy atom. The summed E-state index contributed by atoms with van der Waals surface area (Å²) in [7, 11) is 0. The van der Waals surface area contributed by atoms with E-state index in [0.717, 1.165) is 24.8 Å². The highest BCUT2D eigenvalue weighted by Crippen LogP contribution is 2.34. The molecule has 0 amide bonds. The van der Waals surface area contributed by atoms with Crippen molar-refractivity contribution in [1.82, 2.24) is 0 Å². The molecule has 1 fully saturated rings. The van der Waals surface area contributed by atoms with Crippen LogP contribution in [0.3, 0.4) is 0 Å². The molecular weight excluding hydrogens is 241 g/mol. The Kier molecular flexibility index (Phi) is 3.80. The van der Waals surface area contributed by atoms with Crippen LogP contribution in [-0.2, 0) is 6.42 Å². The summed E-state index contributed by atoms with van der Waals surface area (Å²) < 4.78 is 37.6. The van der Waals surface area contributed by atoms with E-state index in [9.17, 15) is 13.2 Å². The number of halogens is 3. The second-order valence-corrected chi connectivity index (χ2v) is 4.68. The van der Waals surface area contributed by atoms with Gasteiger partial charge in [-0.05, 0) is 43.5 Å². The third-order valence-corrected chi connectivity index (χ3v) is 3.04. The van der Waals surface area contributed by atoms with Gasteiger partial charge in [-0.3, -0.25) is 0 Å². The molecule has 0 saturated heterocycles. The quantitative estimate of drug-likeness (QED) is 0.880. The molecule has 0 bridgehead atoms. The van der Waals surface area contributed by atoms with E-state index in [2.05, 4.69) is 0 Å². The van der Waals surface area contributed by atoms with Gasteiger partial charge < -0.3 is 10.6 Å². The molecule has 1 aromatic carbocycles. The predicted molar refractivity (Wildman–Crippen MR) is 65.6 cm³/mol. The van der Waals surface area contributed by atoms with Gasteiger partial charge in [0.25, 0.3) is 0 Å². The summed E-state index contributed by atoms with van der Waals surface area (Å²) >= 11 is 0. The van der Waals surface area contributed by atoms with Gasteiger partial charge in [0.15, 0.2) is 0 Å². The highest BCUT2D eigenvalue weighted by atomic mass is 19.4. The second-order valence-electron chi connectivity index (χ2n) is 4.68. The Bertz CT molecular complexity index is 382. The standard InChI is InChI=1S/C13H17F3N2/c14-13(15,16)9-18(12-5-6-12)11-3-1-10(2-4-11)7-8-17/h1-4,12H,5-9,17H2. The number of hydrogen-bond donors (Lipinski definition) is 1. The lowest BCUT2D eigenvalue weighted by Gasteiger charge is -2.26. The van der Waals surface area contributed by atoms with Gasteiger partial charge in [0.1, 0.15) is 6.54 Å². The Morgan fingerprint density at radius 3 is 2.22 bits per heavy atom. The molecule has 0 heterocycles. The molecule has 0 spiro atoms. The molecule has 1 aliphatic rings. The topological polar surface area (TPSA) is 29.3 Å². The van der Waals surface area contributed by atoms with Crippen LogP contribution < -0.4 is 10.6 Å². The Balaban J connectivity index is 2.10. The van der Waals surface area contributed by atoms with E-state index in [4.69, 9.17) is 5.73 Å². The molecule has 0 atom stereocenters. The lowest BCUT2D eigenvalue weighted by atomic mass is 10.1. The van der Waals surface area contributed by atoms with Crippen LogP contribution in [0.25, 0.3) is 0 Å². The summed E-state index contributed by atoms with van der Waals surface area (Å²) in [6.07, 6.45) is -1.71. The average Bonchev–Trinajstić information content (AvgIpc) is 3.10. The molecule has 0 aliphatic heterocycles. The smallest absolute Gasteiger partial charge is 0.360 e. The van der Waals surface area contributed by atoms with Crippen LogP contribution in [0.4, 0.5) is 18.9 Å². The largest absolute Gasteiger partial charge is 0.405 e. The molecule has 2 nitrogen and oxygen atoms in total. The number of anilines is 1. The van der Waals surface area contributed by atoms with Crippen molar-refractivity contribution in [3.05, 3.63) is 29.8 Å². The monoisotopic (exact) mass is 258 g/mol. The number of hydrogen-bond acceptors (Lipinski definition) is 2. The fourth-order valence-electron chi connectivity index (χ4n) is 2.03. The molecule has 5 heteroatoms. The highest BCUT2D eigenvalue weighted by molar-refractivity contribution is 5.50. The molecule has 2 rings (SSSR count). The third-order valence-electron chi connectivity index (χ3n) is 3.04. The van der Waals surface area contributed by atoms with Gasteiger partial charge in [-0.15, -0.1) is 0 Å². The molecule has 1 saturated carbocycles. The second kappa shape index (κ2) is 5.18. The average molecular weight is 258 g/mol. The molecule has 100 valence electrons. The normalized spacial score (nSPS) is 15.8. The molecule has 18 heavy (non-hydrogen) atoms. The summed E-state index contributed by atoms with van der Waals surface area (Å²) in [5.41, 5.74) is 7.15. The number of alkyl halides is 3. The Labute approximate surface area is 105 Å². The zero-order chi connectivity index (χ0) is 13.2. The number of nitrogens with two attached hydrogens (primary N) is 1. The fraction of sp³-hybridized carbons (Fsp3) is 0.538. The zero-order valence-electron chi connectivity index (χ0n) is 10.1. The minimum Gasteiger partial charge on any atom is -0.360 e. The number of benzene rings is 1. The van der Waals surface area contributed by atoms with Gasteiger partial charge in [-0.1, -0.05) is 12.1 Å². The molecule has 0 radical (unpaired) electrons. The molecule has 2 N–H and O–H groups in total. The SMILES string of the molecule is NCCc1ccc(N(CC(F)(F)F)C2CC2)cc1. The van der Waals surface area contributed by atoms with E-state index >= 15 is 0 Å². The van der Waals surface area contributed by atoms with Gasteiger partial charge in [0.2, 0.25) is 0 Å². The number of rotatable bonds is 5. The van der Waals surface area contributed by atoms with Gasteiger partial charge >= 0.3 is 6.18 Å². The minimum absolute atomic E-state index is 0.0481. The maximum absolute atomic E-state index is 12.5. The summed E-state index contributed by atoms with van der Waals surface area (Å²) in [4.78, 5) is 1.45. The van der Waals surface area contributed by atoms with E-state index in [-0.39, 0.29) is 6.04 Å². The first-order valence-electron chi connectivity index (χ1n) is 6.12. The van der Waals surface area contributed by atoms with E-state index < -0.39 is 12.7 Å². The van der Waals surface area contributed by atoms with Crippen LogP contribution in [-0.4, -0.2) is 25.3 Å². The van der Waals surface area contributed by atoms with Crippen LogP contribution in [0.5, 0.6) is 0 Å². The molecule has 0 unspecified atom stereocenters. The van der Waals surface area contributed by atoms with Gasteiger partial charge in [-0.25, -0.2) is 0 Å². The van der Waals surface area contributed by atoms with Crippen LogP contribution in [0, 0.1) is 0 Å². The first kappa shape index (κ1) is 13.2. The van der Waals surface area contributed by atoms with Gasteiger partial charge in [-0.2, -0.15) is 13.2 Å². The van der Waals surface area contributed by atoms with Crippen molar-refractivity contribution in [2.45, 2.75) is 31.5 Å². The van der Waals surface area contributed by atoms with Crippen molar-refractivity contribution in [2.24, 2.45) is 5.73 Å². The van der Waals surface area contributed by atoms with Crippen molar-refractivity contribution in [3.63, 3.8) is 0 Å². The van der Waals surface area contributed by atoms with Gasteiger partial charge in [0, 0.05) is 11.7 Å². The zero-order valence-corrected chi connectivity index (χ0v) is 10.1. The highest BCUT2D eigenvalue weighted by Gasteiger charge is 2.38. The first-order valence-corrected chi connectivity index (χ1v) is 6.12.